The number of nitrogen functional groups attached to an aromatic ring is 1. The van der Waals surface area contributed by atoms with Gasteiger partial charge in [-0.25, -0.2) is 31.9 Å². The van der Waals surface area contributed by atoms with Crippen LogP contribution >= 0.6 is 0 Å². The number of benzene rings is 1. The van der Waals surface area contributed by atoms with Crippen molar-refractivity contribution in [3.63, 3.8) is 0 Å². The minimum absolute atomic E-state index is 0.157. The second-order valence-corrected chi connectivity index (χ2v) is 9.15. The number of fused-ring (bicyclic) bond motifs is 1. The Hall–Kier alpha value is -3.10. The molecule has 1 fully saturated rings. The van der Waals surface area contributed by atoms with E-state index < -0.39 is 29.4 Å². The molecule has 0 unspecified atom stereocenters. The summed E-state index contributed by atoms with van der Waals surface area (Å²) in [7, 11) is -4.19. The van der Waals surface area contributed by atoms with Crippen LogP contribution in [-0.4, -0.2) is 42.3 Å². The van der Waals surface area contributed by atoms with Gasteiger partial charge < -0.3 is 10.3 Å². The maximum absolute atomic E-state index is 12.7. The van der Waals surface area contributed by atoms with E-state index in [4.69, 9.17) is 5.73 Å². The first kappa shape index (κ1) is 21.1. The maximum atomic E-state index is 12.7. The first-order chi connectivity index (χ1) is 14.9. The molecule has 0 radical (unpaired) electrons. The molecule has 1 aromatic carbocycles. The number of halogens is 2. The third kappa shape index (κ3) is 3.73. The van der Waals surface area contributed by atoms with E-state index in [1.54, 1.807) is 18.2 Å². The summed E-state index contributed by atoms with van der Waals surface area (Å²) < 4.78 is 54.1. The van der Waals surface area contributed by atoms with Gasteiger partial charge >= 0.3 is 0 Å². The van der Waals surface area contributed by atoms with Gasteiger partial charge in [0, 0.05) is 17.1 Å². The average molecular weight is 446 g/mol. The Morgan fingerprint density at radius 3 is 2.48 bits per heavy atom. The number of alkyl halides is 2. The average Bonchev–Trinajstić information content (AvgIpc) is 3.04. The molecule has 1 aliphatic rings. The molecule has 0 saturated heterocycles. The topological polar surface area (TPSA) is 127 Å². The standard InChI is InChI=1S/C20H20F2N6O2S/c21-7-13(8-22)27-31(29,30)15-10-25-20(26-11-15)19-17(9-23)16-5-4-12(24)6-18(16)28(19)14-2-1-3-14/h4-6,10-11,13-14,27H,1-3,7-8,24H2. The van der Waals surface area contributed by atoms with E-state index in [0.29, 0.717) is 22.3 Å². The fourth-order valence-electron chi connectivity index (χ4n) is 3.65. The highest BCUT2D eigenvalue weighted by Crippen LogP contribution is 2.42. The fraction of sp³-hybridized carbons (Fsp3) is 0.350. The smallest absolute Gasteiger partial charge is 0.244 e. The third-order valence-corrected chi connectivity index (χ3v) is 6.90. The van der Waals surface area contributed by atoms with Crippen molar-refractivity contribution in [1.29, 1.82) is 5.26 Å². The van der Waals surface area contributed by atoms with Crippen molar-refractivity contribution in [1.82, 2.24) is 19.3 Å². The van der Waals surface area contributed by atoms with Crippen molar-refractivity contribution >= 4 is 26.6 Å². The molecule has 0 amide bonds. The quantitative estimate of drug-likeness (QED) is 0.538. The number of rotatable bonds is 7. The number of hydrogen-bond donors (Lipinski definition) is 2. The lowest BCUT2D eigenvalue weighted by atomic mass is 9.92. The van der Waals surface area contributed by atoms with E-state index in [2.05, 4.69) is 16.0 Å². The van der Waals surface area contributed by atoms with Crippen LogP contribution in [0, 0.1) is 11.3 Å². The number of nitrogens with one attached hydrogen (secondary N) is 1. The van der Waals surface area contributed by atoms with Crippen LogP contribution in [0.1, 0.15) is 30.9 Å². The molecule has 11 heteroatoms. The number of nitriles is 1. The SMILES string of the molecule is N#Cc1c(-c2ncc(S(=O)(=O)NC(CF)CF)cn2)n(C2CCC2)c2cc(N)ccc12. The highest BCUT2D eigenvalue weighted by Gasteiger charge is 2.29. The Kier molecular flexibility index (Phi) is 5.60. The van der Waals surface area contributed by atoms with Crippen LogP contribution in [0.2, 0.25) is 0 Å². The lowest BCUT2D eigenvalue weighted by molar-refractivity contribution is 0.323. The van der Waals surface area contributed by atoms with E-state index in [0.717, 1.165) is 37.2 Å². The van der Waals surface area contributed by atoms with Crippen LogP contribution < -0.4 is 10.5 Å². The van der Waals surface area contributed by atoms with E-state index in [-0.39, 0.29) is 16.8 Å². The van der Waals surface area contributed by atoms with Crippen molar-refractivity contribution in [3.05, 3.63) is 36.2 Å². The Balaban J connectivity index is 1.82. The molecule has 0 bridgehead atoms. The van der Waals surface area contributed by atoms with Gasteiger partial charge in [-0.15, -0.1) is 0 Å². The Bertz CT molecular complexity index is 1260. The largest absolute Gasteiger partial charge is 0.399 e. The molecule has 8 nitrogen and oxygen atoms in total. The summed E-state index contributed by atoms with van der Waals surface area (Å²) in [6, 6.07) is 6.19. The van der Waals surface area contributed by atoms with Gasteiger partial charge in [-0.3, -0.25) is 0 Å². The number of nitrogens with two attached hydrogens (primary N) is 1. The van der Waals surface area contributed by atoms with Crippen LogP contribution in [0.25, 0.3) is 22.4 Å². The van der Waals surface area contributed by atoms with Crippen molar-refractivity contribution in [2.75, 3.05) is 19.1 Å². The zero-order chi connectivity index (χ0) is 22.2. The summed E-state index contributed by atoms with van der Waals surface area (Å²) in [5, 5.41) is 10.6. The Morgan fingerprint density at radius 1 is 1.26 bits per heavy atom. The highest BCUT2D eigenvalue weighted by atomic mass is 32.2. The zero-order valence-corrected chi connectivity index (χ0v) is 17.2. The van der Waals surface area contributed by atoms with E-state index in [9.17, 15) is 22.5 Å². The van der Waals surface area contributed by atoms with Gasteiger partial charge in [-0.1, -0.05) is 0 Å². The molecular formula is C20H20F2N6O2S. The molecule has 1 aliphatic carbocycles. The summed E-state index contributed by atoms with van der Waals surface area (Å²) >= 11 is 0. The fourth-order valence-corrected chi connectivity index (χ4v) is 4.74. The zero-order valence-electron chi connectivity index (χ0n) is 16.4. The number of aromatic nitrogens is 3. The van der Waals surface area contributed by atoms with Crippen LogP contribution in [0.5, 0.6) is 0 Å². The molecule has 4 rings (SSSR count). The van der Waals surface area contributed by atoms with Crippen LogP contribution in [0.3, 0.4) is 0 Å². The third-order valence-electron chi connectivity index (χ3n) is 5.42. The lowest BCUT2D eigenvalue weighted by Gasteiger charge is -2.29. The van der Waals surface area contributed by atoms with Crippen LogP contribution in [-0.2, 0) is 10.0 Å². The van der Waals surface area contributed by atoms with Crippen molar-refractivity contribution in [2.45, 2.75) is 36.2 Å². The predicted molar refractivity (Wildman–Crippen MR) is 111 cm³/mol. The number of sulfonamides is 1. The molecule has 3 N–H and O–H groups in total. The molecule has 0 atom stereocenters. The lowest BCUT2D eigenvalue weighted by Crippen LogP contribution is -2.38. The van der Waals surface area contributed by atoms with Gasteiger partial charge in [0.2, 0.25) is 10.0 Å². The molecule has 0 spiro atoms. The second kappa shape index (κ2) is 8.20. The molecule has 0 aliphatic heterocycles. The predicted octanol–water partition coefficient (Wildman–Crippen LogP) is 2.86. The van der Waals surface area contributed by atoms with Gasteiger partial charge in [-0.05, 0) is 37.5 Å². The summed E-state index contributed by atoms with van der Waals surface area (Å²) in [5.41, 5.74) is 8.20. The van der Waals surface area contributed by atoms with Crippen molar-refractivity contribution in [3.8, 4) is 17.6 Å². The maximum Gasteiger partial charge on any atom is 0.244 e. The molecule has 2 aromatic heterocycles. The normalized spacial score (nSPS) is 14.6. The second-order valence-electron chi connectivity index (χ2n) is 7.44. The minimum atomic E-state index is -4.19. The first-order valence-corrected chi connectivity index (χ1v) is 11.2. The number of anilines is 1. The first-order valence-electron chi connectivity index (χ1n) is 9.69. The van der Waals surface area contributed by atoms with Gasteiger partial charge in [0.15, 0.2) is 5.82 Å². The van der Waals surface area contributed by atoms with E-state index in [1.165, 1.54) is 0 Å². The van der Waals surface area contributed by atoms with Gasteiger partial charge in [0.05, 0.1) is 29.5 Å². The highest BCUT2D eigenvalue weighted by molar-refractivity contribution is 7.89. The van der Waals surface area contributed by atoms with Crippen molar-refractivity contribution in [2.24, 2.45) is 0 Å². The molecule has 3 aromatic rings. The number of nitrogens with zero attached hydrogens (tertiary/aromatic N) is 4. The minimum Gasteiger partial charge on any atom is -0.399 e. The van der Waals surface area contributed by atoms with E-state index >= 15 is 0 Å². The van der Waals surface area contributed by atoms with Gasteiger partial charge in [0.1, 0.15) is 30.0 Å². The molecule has 2 heterocycles. The summed E-state index contributed by atoms with van der Waals surface area (Å²) in [6.45, 7) is -2.35. The molecule has 1 saturated carbocycles. The Morgan fingerprint density at radius 2 is 1.94 bits per heavy atom. The summed E-state index contributed by atoms with van der Waals surface area (Å²) in [4.78, 5) is 8.04. The molecule has 162 valence electrons. The van der Waals surface area contributed by atoms with E-state index in [1.807, 2.05) is 9.29 Å². The van der Waals surface area contributed by atoms with Gasteiger partial charge in [-0.2, -0.15) is 5.26 Å². The monoisotopic (exact) mass is 446 g/mol. The van der Waals surface area contributed by atoms with Crippen LogP contribution in [0.15, 0.2) is 35.5 Å². The molecule has 31 heavy (non-hydrogen) atoms. The Labute approximate surface area is 177 Å². The summed E-state index contributed by atoms with van der Waals surface area (Å²) in [6.07, 6.45) is 5.05. The van der Waals surface area contributed by atoms with Gasteiger partial charge in [0.25, 0.3) is 0 Å². The number of hydrogen-bond acceptors (Lipinski definition) is 6. The van der Waals surface area contributed by atoms with Crippen molar-refractivity contribution < 1.29 is 17.2 Å². The van der Waals surface area contributed by atoms with Crippen LogP contribution in [0.4, 0.5) is 14.5 Å². The molecular weight excluding hydrogens is 426 g/mol. The summed E-state index contributed by atoms with van der Waals surface area (Å²) in [5.74, 6) is 0.185.